The van der Waals surface area contributed by atoms with Crippen LogP contribution in [0.15, 0.2) is 12.2 Å². The fourth-order valence-electron chi connectivity index (χ4n) is 7.75. The zero-order chi connectivity index (χ0) is 40.8. The largest absolute Gasteiger partial charge is 0.480 e. The van der Waals surface area contributed by atoms with Gasteiger partial charge in [0.2, 0.25) is 5.91 Å². The summed E-state index contributed by atoms with van der Waals surface area (Å²) in [6.07, 6.45) is 55.0. The third kappa shape index (κ3) is 44.9. The van der Waals surface area contributed by atoms with Crippen molar-refractivity contribution in [1.29, 1.82) is 0 Å². The molecule has 330 valence electrons. The van der Waals surface area contributed by atoms with Crippen LogP contribution in [-0.4, -0.2) is 35.6 Å². The van der Waals surface area contributed by atoms with Gasteiger partial charge in [0.25, 0.3) is 0 Å². The molecule has 0 radical (unpaired) electrons. The van der Waals surface area contributed by atoms with Crippen molar-refractivity contribution >= 4 is 17.8 Å². The number of esters is 1. The highest BCUT2D eigenvalue weighted by Gasteiger charge is 2.14. The first kappa shape index (κ1) is 54.2. The Morgan fingerprint density at radius 3 is 1.16 bits per heavy atom. The number of nitrogens with one attached hydrogen (secondary N) is 1. The summed E-state index contributed by atoms with van der Waals surface area (Å²) in [6, 6.07) is 0. The number of rotatable bonds is 46. The van der Waals surface area contributed by atoms with Crippen LogP contribution in [0, 0.1) is 0 Å². The van der Waals surface area contributed by atoms with E-state index in [0.29, 0.717) is 12.8 Å². The Hall–Kier alpha value is -1.85. The quantitative estimate of drug-likeness (QED) is 0.0364. The lowest BCUT2D eigenvalue weighted by molar-refractivity contribution is -0.150. The monoisotopic (exact) mass is 790 g/mol. The van der Waals surface area contributed by atoms with Crippen LogP contribution >= 0.6 is 0 Å². The van der Waals surface area contributed by atoms with Crippen LogP contribution in [0.1, 0.15) is 277 Å². The van der Waals surface area contributed by atoms with Crippen molar-refractivity contribution in [3.8, 4) is 0 Å². The van der Waals surface area contributed by atoms with Gasteiger partial charge in [-0.1, -0.05) is 212 Å². The summed E-state index contributed by atoms with van der Waals surface area (Å²) in [7, 11) is 0. The Morgan fingerprint density at radius 1 is 0.446 bits per heavy atom. The van der Waals surface area contributed by atoms with Crippen molar-refractivity contribution < 1.29 is 24.2 Å². The molecule has 0 aliphatic rings. The first-order valence-corrected chi connectivity index (χ1v) is 24.8. The minimum absolute atomic E-state index is 0.0155. The lowest BCUT2D eigenvalue weighted by Gasteiger charge is -2.18. The van der Waals surface area contributed by atoms with Gasteiger partial charge in [0.05, 0.1) is 0 Å². The predicted molar refractivity (Wildman–Crippen MR) is 240 cm³/mol. The number of hydrogen-bond donors (Lipinski definition) is 2. The summed E-state index contributed by atoms with van der Waals surface area (Å²) < 4.78 is 6.06. The van der Waals surface area contributed by atoms with Gasteiger partial charge in [0, 0.05) is 12.8 Å². The summed E-state index contributed by atoms with van der Waals surface area (Å²) in [6.45, 7) is 4.26. The molecule has 1 amide bonds. The number of allylic oxidation sites excluding steroid dienone is 2. The van der Waals surface area contributed by atoms with E-state index in [-0.39, 0.29) is 24.5 Å². The van der Waals surface area contributed by atoms with Crippen LogP contribution in [0.2, 0.25) is 0 Å². The molecule has 0 spiro atoms. The van der Waals surface area contributed by atoms with E-state index in [1.54, 1.807) is 0 Å². The topological polar surface area (TPSA) is 92.7 Å². The number of unbranched alkanes of at least 4 members (excludes halogenated alkanes) is 33. The minimum Gasteiger partial charge on any atom is -0.480 e. The van der Waals surface area contributed by atoms with E-state index in [0.717, 1.165) is 70.6 Å². The molecule has 0 fully saturated rings. The zero-order valence-electron chi connectivity index (χ0n) is 37.5. The van der Waals surface area contributed by atoms with Gasteiger partial charge in [-0.05, 0) is 64.2 Å². The maximum absolute atomic E-state index is 12.8. The van der Waals surface area contributed by atoms with E-state index < -0.39 is 5.97 Å². The fraction of sp³-hybridized carbons (Fsp3) is 0.900. The summed E-state index contributed by atoms with van der Waals surface area (Å²) in [5.41, 5.74) is 0. The van der Waals surface area contributed by atoms with Gasteiger partial charge in [-0.15, -0.1) is 0 Å². The number of ether oxygens (including phenoxy) is 1. The minimum atomic E-state index is -1.01. The molecule has 0 aliphatic carbocycles. The molecule has 2 N–H and O–H groups in total. The Bertz CT molecular complexity index is 874. The first-order chi connectivity index (χ1) is 27.5. The van der Waals surface area contributed by atoms with E-state index in [4.69, 9.17) is 9.84 Å². The van der Waals surface area contributed by atoms with Gasteiger partial charge in [0.15, 0.2) is 0 Å². The highest BCUT2D eigenvalue weighted by molar-refractivity contribution is 5.80. The van der Waals surface area contributed by atoms with E-state index in [1.807, 2.05) is 0 Å². The van der Waals surface area contributed by atoms with Crippen molar-refractivity contribution in [2.24, 2.45) is 0 Å². The van der Waals surface area contributed by atoms with Gasteiger partial charge in [-0.25, -0.2) is 0 Å². The van der Waals surface area contributed by atoms with Crippen LogP contribution in [0.3, 0.4) is 0 Å². The van der Waals surface area contributed by atoms with Gasteiger partial charge in [-0.2, -0.15) is 0 Å². The van der Waals surface area contributed by atoms with E-state index in [1.165, 1.54) is 180 Å². The van der Waals surface area contributed by atoms with E-state index in [2.05, 4.69) is 31.3 Å². The summed E-state index contributed by atoms with van der Waals surface area (Å²) in [4.78, 5) is 35.2. The van der Waals surface area contributed by atoms with Gasteiger partial charge < -0.3 is 15.2 Å². The highest BCUT2D eigenvalue weighted by Crippen LogP contribution is 2.19. The molecule has 0 saturated heterocycles. The Morgan fingerprint density at radius 2 is 0.768 bits per heavy atom. The molecule has 1 atom stereocenters. The first-order valence-electron chi connectivity index (χ1n) is 24.8. The number of carboxylic acids is 1. The van der Waals surface area contributed by atoms with Crippen LogP contribution < -0.4 is 5.32 Å². The normalized spacial score (nSPS) is 12.0. The van der Waals surface area contributed by atoms with Crippen LogP contribution in [-0.2, 0) is 19.1 Å². The molecule has 0 rings (SSSR count). The summed E-state index contributed by atoms with van der Waals surface area (Å²) in [5.74, 6) is -1.22. The van der Waals surface area contributed by atoms with Crippen LogP contribution in [0.4, 0.5) is 0 Å². The number of carbonyl (C=O) groups excluding carboxylic acids is 2. The maximum Gasteiger partial charge on any atom is 0.322 e. The molecule has 0 aliphatic heterocycles. The Kier molecular flexibility index (Phi) is 44.3. The summed E-state index contributed by atoms with van der Waals surface area (Å²) >= 11 is 0. The molecule has 0 aromatic heterocycles. The molecule has 0 aromatic carbocycles. The molecular weight excluding hydrogens is 695 g/mol. The average Bonchev–Trinajstić information content (AvgIpc) is 3.18. The van der Waals surface area contributed by atoms with Crippen molar-refractivity contribution in [2.75, 3.05) is 6.54 Å². The standard InChI is InChI=1S/C50H95NO5/c1-3-5-7-9-11-13-15-17-19-20-21-22-24-26-28-30-32-37-41-45-50(55)56-47(43-39-35-33-36-40-44-48(52)51-46-49(53)54)42-38-34-31-29-27-25-23-18-16-14-12-10-8-6-4-2/h25,27,47H,3-24,26,28-46H2,1-2H3,(H,51,52)(H,53,54)/b27-25-. The van der Waals surface area contributed by atoms with Gasteiger partial charge in [0.1, 0.15) is 12.6 Å². The molecule has 0 aromatic rings. The van der Waals surface area contributed by atoms with E-state index >= 15 is 0 Å². The molecule has 0 bridgehead atoms. The fourth-order valence-corrected chi connectivity index (χ4v) is 7.75. The van der Waals surface area contributed by atoms with Crippen molar-refractivity contribution in [3.05, 3.63) is 12.2 Å². The third-order valence-electron chi connectivity index (χ3n) is 11.4. The molecule has 56 heavy (non-hydrogen) atoms. The number of hydrogen-bond acceptors (Lipinski definition) is 4. The Balaban J connectivity index is 4.10. The molecular formula is C50H95NO5. The lowest BCUT2D eigenvalue weighted by Crippen LogP contribution is -2.28. The zero-order valence-corrected chi connectivity index (χ0v) is 37.5. The molecule has 6 heteroatoms. The highest BCUT2D eigenvalue weighted by atomic mass is 16.5. The van der Waals surface area contributed by atoms with Crippen molar-refractivity contribution in [1.82, 2.24) is 5.32 Å². The van der Waals surface area contributed by atoms with Crippen molar-refractivity contribution in [2.45, 2.75) is 283 Å². The molecule has 0 saturated carbocycles. The average molecular weight is 790 g/mol. The predicted octanol–water partition coefficient (Wildman–Crippen LogP) is 15.7. The number of carbonyl (C=O) groups is 3. The second kappa shape index (κ2) is 45.8. The lowest BCUT2D eigenvalue weighted by atomic mass is 10.0. The van der Waals surface area contributed by atoms with Gasteiger partial charge >= 0.3 is 11.9 Å². The van der Waals surface area contributed by atoms with Crippen molar-refractivity contribution in [3.63, 3.8) is 0 Å². The maximum atomic E-state index is 12.8. The SMILES string of the molecule is CCCCCCCCCC/C=C\CCCCCC(CCCCCCCC(=O)NCC(=O)O)OC(=O)CCCCCCCCCCCCCCCCCCCCC. The number of carboxylic acid groups (broad SMARTS) is 1. The smallest absolute Gasteiger partial charge is 0.322 e. The molecule has 0 heterocycles. The Labute approximate surface area is 348 Å². The molecule has 6 nitrogen and oxygen atoms in total. The number of aliphatic carboxylic acids is 1. The van der Waals surface area contributed by atoms with Crippen LogP contribution in [0.5, 0.6) is 0 Å². The molecule has 1 unspecified atom stereocenters. The van der Waals surface area contributed by atoms with E-state index in [9.17, 15) is 14.4 Å². The summed E-state index contributed by atoms with van der Waals surface area (Å²) in [5, 5.41) is 11.1. The van der Waals surface area contributed by atoms with Gasteiger partial charge in [-0.3, -0.25) is 14.4 Å². The number of amides is 1. The second-order valence-corrected chi connectivity index (χ2v) is 17.1. The third-order valence-corrected chi connectivity index (χ3v) is 11.4. The second-order valence-electron chi connectivity index (χ2n) is 17.1. The van der Waals surface area contributed by atoms with Crippen LogP contribution in [0.25, 0.3) is 0 Å².